The Hall–Kier alpha value is -1.67. The molecule has 1 aromatic heterocycles. The van der Waals surface area contributed by atoms with Crippen molar-refractivity contribution in [2.75, 3.05) is 0 Å². The topological polar surface area (TPSA) is 38.9 Å². The summed E-state index contributed by atoms with van der Waals surface area (Å²) in [7, 11) is 0. The number of hydrogen-bond acceptors (Lipinski definition) is 2. The average molecular weight is 254 g/mol. The highest BCUT2D eigenvalue weighted by Gasteiger charge is 2.05. The van der Waals surface area contributed by atoms with Crippen molar-refractivity contribution < 1.29 is 0 Å². The quantitative estimate of drug-likeness (QED) is 0.860. The summed E-state index contributed by atoms with van der Waals surface area (Å²) >= 11 is 0. The van der Waals surface area contributed by atoms with E-state index in [1.165, 1.54) is 16.7 Å². The van der Waals surface area contributed by atoms with E-state index in [1.807, 2.05) is 12.4 Å². The summed E-state index contributed by atoms with van der Waals surface area (Å²) in [6.45, 7) is 2.18. The summed E-state index contributed by atoms with van der Waals surface area (Å²) in [4.78, 5) is 4.03. The van der Waals surface area contributed by atoms with Gasteiger partial charge in [0.1, 0.15) is 0 Å². The van der Waals surface area contributed by atoms with Crippen LogP contribution in [-0.4, -0.2) is 11.0 Å². The van der Waals surface area contributed by atoms with E-state index in [-0.39, 0.29) is 6.04 Å². The lowest BCUT2D eigenvalue weighted by Gasteiger charge is -2.12. The molecule has 0 aliphatic rings. The third kappa shape index (κ3) is 4.49. The van der Waals surface area contributed by atoms with Crippen LogP contribution in [0.25, 0.3) is 0 Å². The maximum absolute atomic E-state index is 6.21. The number of nitrogens with two attached hydrogens (primary N) is 1. The first-order valence-electron chi connectivity index (χ1n) is 7.00. The third-order valence-electron chi connectivity index (χ3n) is 3.48. The molecule has 2 rings (SSSR count). The van der Waals surface area contributed by atoms with Gasteiger partial charge >= 0.3 is 0 Å². The highest BCUT2D eigenvalue weighted by Crippen LogP contribution is 2.10. The van der Waals surface area contributed by atoms with Gasteiger partial charge in [-0.3, -0.25) is 4.98 Å². The van der Waals surface area contributed by atoms with Gasteiger partial charge in [-0.25, -0.2) is 0 Å². The van der Waals surface area contributed by atoms with Gasteiger partial charge in [0.05, 0.1) is 0 Å². The Morgan fingerprint density at radius 1 is 0.947 bits per heavy atom. The number of hydrogen-bond donors (Lipinski definition) is 1. The van der Waals surface area contributed by atoms with Crippen LogP contribution >= 0.6 is 0 Å². The summed E-state index contributed by atoms with van der Waals surface area (Å²) < 4.78 is 0. The van der Waals surface area contributed by atoms with Gasteiger partial charge in [-0.1, -0.05) is 31.2 Å². The molecule has 100 valence electrons. The summed E-state index contributed by atoms with van der Waals surface area (Å²) in [5, 5.41) is 0. The van der Waals surface area contributed by atoms with Gasteiger partial charge in [-0.15, -0.1) is 0 Å². The standard InChI is InChI=1S/C17H22N2/c1-2-14-3-5-16(6-4-14)13-17(18)8-7-15-9-11-19-12-10-15/h3-6,9-12,17H,2,7-8,13,18H2,1H3. The van der Waals surface area contributed by atoms with E-state index in [0.717, 1.165) is 25.7 Å². The van der Waals surface area contributed by atoms with Crippen molar-refractivity contribution >= 4 is 0 Å². The first kappa shape index (κ1) is 13.8. The zero-order chi connectivity index (χ0) is 13.5. The smallest absolute Gasteiger partial charge is 0.0270 e. The van der Waals surface area contributed by atoms with Crippen molar-refractivity contribution in [1.82, 2.24) is 4.98 Å². The third-order valence-corrected chi connectivity index (χ3v) is 3.48. The van der Waals surface area contributed by atoms with Gasteiger partial charge in [0.15, 0.2) is 0 Å². The van der Waals surface area contributed by atoms with Crippen LogP contribution < -0.4 is 5.73 Å². The molecule has 1 heterocycles. The molecule has 2 N–H and O–H groups in total. The van der Waals surface area contributed by atoms with Gasteiger partial charge in [0.25, 0.3) is 0 Å². The molecule has 2 aromatic rings. The van der Waals surface area contributed by atoms with E-state index in [4.69, 9.17) is 5.73 Å². The minimum Gasteiger partial charge on any atom is -0.327 e. The Kier molecular flexibility index (Phi) is 5.10. The summed E-state index contributed by atoms with van der Waals surface area (Å²) in [6, 6.07) is 13.1. The van der Waals surface area contributed by atoms with E-state index >= 15 is 0 Å². The molecular formula is C17H22N2. The maximum atomic E-state index is 6.21. The molecule has 0 bridgehead atoms. The minimum atomic E-state index is 0.223. The van der Waals surface area contributed by atoms with Crippen molar-refractivity contribution in [3.8, 4) is 0 Å². The summed E-state index contributed by atoms with van der Waals surface area (Å²) in [5.74, 6) is 0. The van der Waals surface area contributed by atoms with Crippen LogP contribution in [0.3, 0.4) is 0 Å². The van der Waals surface area contributed by atoms with Gasteiger partial charge < -0.3 is 5.73 Å². The molecule has 0 amide bonds. The van der Waals surface area contributed by atoms with Crippen LogP contribution in [0, 0.1) is 0 Å². The Morgan fingerprint density at radius 3 is 2.21 bits per heavy atom. The highest BCUT2D eigenvalue weighted by atomic mass is 14.6. The molecule has 1 unspecified atom stereocenters. The normalized spacial score (nSPS) is 12.3. The number of benzene rings is 1. The fraction of sp³-hybridized carbons (Fsp3) is 0.353. The molecule has 0 aliphatic heterocycles. The molecule has 0 aliphatic carbocycles. The summed E-state index contributed by atoms with van der Waals surface area (Å²) in [5.41, 5.74) is 10.2. The van der Waals surface area contributed by atoms with Crippen molar-refractivity contribution in [2.24, 2.45) is 5.73 Å². The fourth-order valence-electron chi connectivity index (χ4n) is 2.22. The van der Waals surface area contributed by atoms with Gasteiger partial charge in [0, 0.05) is 18.4 Å². The van der Waals surface area contributed by atoms with Crippen LogP contribution in [0.1, 0.15) is 30.0 Å². The zero-order valence-electron chi connectivity index (χ0n) is 11.5. The Bertz CT molecular complexity index is 476. The summed E-state index contributed by atoms with van der Waals surface area (Å²) in [6.07, 6.45) is 7.76. The first-order chi connectivity index (χ1) is 9.28. The largest absolute Gasteiger partial charge is 0.327 e. The lowest BCUT2D eigenvalue weighted by Crippen LogP contribution is -2.23. The van der Waals surface area contributed by atoms with E-state index in [1.54, 1.807) is 0 Å². The molecule has 2 heteroatoms. The number of pyridine rings is 1. The van der Waals surface area contributed by atoms with Crippen molar-refractivity contribution in [3.05, 3.63) is 65.5 Å². The molecule has 2 nitrogen and oxygen atoms in total. The second-order valence-corrected chi connectivity index (χ2v) is 5.03. The lowest BCUT2D eigenvalue weighted by molar-refractivity contribution is 0.610. The number of rotatable bonds is 6. The van der Waals surface area contributed by atoms with Gasteiger partial charge in [-0.2, -0.15) is 0 Å². The van der Waals surface area contributed by atoms with Crippen molar-refractivity contribution in [1.29, 1.82) is 0 Å². The Balaban J connectivity index is 1.82. The second-order valence-electron chi connectivity index (χ2n) is 5.03. The van der Waals surface area contributed by atoms with Gasteiger partial charge in [0.2, 0.25) is 0 Å². The van der Waals surface area contributed by atoms with Crippen molar-refractivity contribution in [3.63, 3.8) is 0 Å². The van der Waals surface area contributed by atoms with Crippen LogP contribution in [-0.2, 0) is 19.3 Å². The Labute approximate surface area is 115 Å². The molecule has 0 saturated carbocycles. The number of nitrogens with zero attached hydrogens (tertiary/aromatic N) is 1. The molecule has 0 fully saturated rings. The van der Waals surface area contributed by atoms with Crippen LogP contribution in [0.15, 0.2) is 48.8 Å². The number of aryl methyl sites for hydroxylation is 2. The Morgan fingerprint density at radius 2 is 1.58 bits per heavy atom. The second kappa shape index (κ2) is 7.05. The van der Waals surface area contributed by atoms with Crippen LogP contribution in [0.5, 0.6) is 0 Å². The lowest BCUT2D eigenvalue weighted by atomic mass is 9.99. The van der Waals surface area contributed by atoms with E-state index in [2.05, 4.69) is 48.3 Å². The molecule has 0 spiro atoms. The monoisotopic (exact) mass is 254 g/mol. The molecule has 1 atom stereocenters. The van der Waals surface area contributed by atoms with Crippen LogP contribution in [0.2, 0.25) is 0 Å². The SMILES string of the molecule is CCc1ccc(CC(N)CCc2ccncc2)cc1. The van der Waals surface area contributed by atoms with Crippen molar-refractivity contribution in [2.45, 2.75) is 38.6 Å². The zero-order valence-corrected chi connectivity index (χ0v) is 11.5. The molecule has 0 saturated heterocycles. The first-order valence-corrected chi connectivity index (χ1v) is 7.00. The number of aromatic nitrogens is 1. The van der Waals surface area contributed by atoms with Gasteiger partial charge in [-0.05, 0) is 54.5 Å². The van der Waals surface area contributed by atoms with E-state index in [9.17, 15) is 0 Å². The average Bonchev–Trinajstić information content (AvgIpc) is 2.47. The predicted octanol–water partition coefficient (Wildman–Crippen LogP) is 3.15. The predicted molar refractivity (Wildman–Crippen MR) is 80.1 cm³/mol. The molecule has 0 radical (unpaired) electrons. The fourth-order valence-corrected chi connectivity index (χ4v) is 2.22. The molecular weight excluding hydrogens is 232 g/mol. The highest BCUT2D eigenvalue weighted by molar-refractivity contribution is 5.23. The maximum Gasteiger partial charge on any atom is 0.0270 e. The van der Waals surface area contributed by atoms with E-state index < -0.39 is 0 Å². The molecule has 19 heavy (non-hydrogen) atoms. The minimum absolute atomic E-state index is 0.223. The van der Waals surface area contributed by atoms with Crippen LogP contribution in [0.4, 0.5) is 0 Å². The molecule has 1 aromatic carbocycles. The van der Waals surface area contributed by atoms with E-state index in [0.29, 0.717) is 0 Å².